The van der Waals surface area contributed by atoms with Gasteiger partial charge in [-0.3, -0.25) is 0 Å². The first-order valence-electron chi connectivity index (χ1n) is 4.86. The summed E-state index contributed by atoms with van der Waals surface area (Å²) in [5, 5.41) is 12.9. The van der Waals surface area contributed by atoms with E-state index in [4.69, 9.17) is 11.0 Å². The molecule has 0 aliphatic carbocycles. The lowest BCUT2D eigenvalue weighted by Crippen LogP contribution is -2.14. The van der Waals surface area contributed by atoms with Crippen molar-refractivity contribution in [1.82, 2.24) is 19.7 Å². The van der Waals surface area contributed by atoms with Crippen LogP contribution in [0.25, 0.3) is 5.82 Å². The Bertz CT molecular complexity index is 565. The Kier molecular flexibility index (Phi) is 3.35. The predicted molar refractivity (Wildman–Crippen MR) is 69.2 cm³/mol. The largest absolute Gasteiger partial charge is 0.322 e. The van der Waals surface area contributed by atoms with E-state index in [1.54, 1.807) is 16.8 Å². The molecule has 0 spiro atoms. The molecule has 0 aromatic carbocycles. The molecular formula is C10H9IN6. The molecule has 0 saturated heterocycles. The fraction of sp³-hybridized carbons (Fsp3) is 0.200. The van der Waals surface area contributed by atoms with E-state index in [0.29, 0.717) is 21.0 Å². The van der Waals surface area contributed by atoms with Gasteiger partial charge in [-0.2, -0.15) is 9.94 Å². The summed E-state index contributed by atoms with van der Waals surface area (Å²) >= 11 is 2.02. The van der Waals surface area contributed by atoms with Crippen molar-refractivity contribution in [3.63, 3.8) is 0 Å². The predicted octanol–water partition coefficient (Wildman–Crippen LogP) is 1.16. The molecule has 0 fully saturated rings. The SMILES string of the molecule is CC(N)c1nc(I)nn1-c1ccc(C#N)cn1. The number of nitrogens with two attached hydrogens (primary N) is 1. The van der Waals surface area contributed by atoms with Crippen LogP contribution in [0.3, 0.4) is 0 Å². The second-order valence-corrected chi connectivity index (χ2v) is 4.42. The van der Waals surface area contributed by atoms with E-state index in [1.165, 1.54) is 6.20 Å². The number of hydrogen-bond donors (Lipinski definition) is 1. The zero-order chi connectivity index (χ0) is 12.4. The maximum Gasteiger partial charge on any atom is 0.212 e. The van der Waals surface area contributed by atoms with Crippen molar-refractivity contribution in [1.29, 1.82) is 5.26 Å². The quantitative estimate of drug-likeness (QED) is 0.828. The molecule has 0 aliphatic heterocycles. The number of nitriles is 1. The van der Waals surface area contributed by atoms with Crippen molar-refractivity contribution in [2.75, 3.05) is 0 Å². The Labute approximate surface area is 112 Å². The van der Waals surface area contributed by atoms with Gasteiger partial charge >= 0.3 is 0 Å². The van der Waals surface area contributed by atoms with Gasteiger partial charge < -0.3 is 5.73 Å². The third-order valence-corrected chi connectivity index (χ3v) is 2.56. The average Bonchev–Trinajstić information content (AvgIpc) is 2.72. The van der Waals surface area contributed by atoms with Crippen LogP contribution < -0.4 is 5.73 Å². The summed E-state index contributed by atoms with van der Waals surface area (Å²) in [5.41, 5.74) is 6.32. The van der Waals surface area contributed by atoms with E-state index >= 15 is 0 Å². The average molecular weight is 340 g/mol. The lowest BCUT2D eigenvalue weighted by atomic mass is 10.3. The van der Waals surface area contributed by atoms with Gasteiger partial charge in [-0.25, -0.2) is 9.97 Å². The molecule has 0 bridgehead atoms. The summed E-state index contributed by atoms with van der Waals surface area (Å²) in [6, 6.07) is 5.18. The highest BCUT2D eigenvalue weighted by atomic mass is 127. The van der Waals surface area contributed by atoms with Gasteiger partial charge in [-0.15, -0.1) is 5.10 Å². The van der Waals surface area contributed by atoms with Crippen LogP contribution in [0.2, 0.25) is 0 Å². The van der Waals surface area contributed by atoms with Crippen LogP contribution in [0.1, 0.15) is 24.4 Å². The molecule has 1 unspecified atom stereocenters. The molecule has 86 valence electrons. The molecule has 7 heteroatoms. The van der Waals surface area contributed by atoms with E-state index in [0.717, 1.165) is 0 Å². The number of rotatable bonds is 2. The van der Waals surface area contributed by atoms with E-state index in [2.05, 4.69) is 15.1 Å². The smallest absolute Gasteiger partial charge is 0.212 e. The van der Waals surface area contributed by atoms with Crippen molar-refractivity contribution < 1.29 is 0 Å². The van der Waals surface area contributed by atoms with Gasteiger partial charge in [0.05, 0.1) is 11.6 Å². The summed E-state index contributed by atoms with van der Waals surface area (Å²) in [6.07, 6.45) is 1.49. The molecule has 6 nitrogen and oxygen atoms in total. The van der Waals surface area contributed by atoms with E-state index in [9.17, 15) is 0 Å². The first-order chi connectivity index (χ1) is 8.11. The maximum absolute atomic E-state index is 8.70. The molecule has 0 aliphatic rings. The van der Waals surface area contributed by atoms with Crippen LogP contribution in [0.4, 0.5) is 0 Å². The van der Waals surface area contributed by atoms with Crippen molar-refractivity contribution in [2.24, 2.45) is 5.73 Å². The zero-order valence-corrected chi connectivity index (χ0v) is 11.2. The van der Waals surface area contributed by atoms with Crippen LogP contribution >= 0.6 is 22.6 Å². The maximum atomic E-state index is 8.70. The number of pyridine rings is 1. The van der Waals surface area contributed by atoms with E-state index in [1.807, 2.05) is 35.6 Å². The van der Waals surface area contributed by atoms with Crippen LogP contribution in [0.5, 0.6) is 0 Å². The molecular weight excluding hydrogens is 331 g/mol. The molecule has 2 aromatic heterocycles. The molecule has 2 aromatic rings. The number of hydrogen-bond acceptors (Lipinski definition) is 5. The number of aromatic nitrogens is 4. The highest BCUT2D eigenvalue weighted by molar-refractivity contribution is 14.1. The Morgan fingerprint density at radius 3 is 2.82 bits per heavy atom. The van der Waals surface area contributed by atoms with Crippen LogP contribution in [0, 0.1) is 15.2 Å². The topological polar surface area (TPSA) is 93.4 Å². The molecule has 0 radical (unpaired) electrons. The second kappa shape index (κ2) is 4.77. The Morgan fingerprint density at radius 2 is 2.29 bits per heavy atom. The van der Waals surface area contributed by atoms with E-state index in [-0.39, 0.29) is 6.04 Å². The van der Waals surface area contributed by atoms with Gasteiger partial charge in [0.1, 0.15) is 6.07 Å². The Morgan fingerprint density at radius 1 is 1.53 bits per heavy atom. The van der Waals surface area contributed by atoms with Gasteiger partial charge in [-0.05, 0) is 19.1 Å². The molecule has 0 saturated carbocycles. The standard InChI is InChI=1S/C10H9IN6/c1-6(13)9-15-10(11)16-17(9)8-3-2-7(4-12)5-14-8/h2-3,5-6H,13H2,1H3. The summed E-state index contributed by atoms with van der Waals surface area (Å²) < 4.78 is 2.20. The minimum atomic E-state index is -0.233. The lowest BCUT2D eigenvalue weighted by molar-refractivity contribution is 0.680. The van der Waals surface area contributed by atoms with Crippen molar-refractivity contribution in [3.8, 4) is 11.9 Å². The van der Waals surface area contributed by atoms with Crippen LogP contribution in [-0.4, -0.2) is 19.7 Å². The van der Waals surface area contributed by atoms with Crippen molar-refractivity contribution >= 4 is 22.6 Å². The van der Waals surface area contributed by atoms with Crippen LogP contribution in [0.15, 0.2) is 18.3 Å². The Hall–Kier alpha value is -1.53. The molecule has 2 rings (SSSR count). The van der Waals surface area contributed by atoms with Gasteiger partial charge in [0.15, 0.2) is 11.6 Å². The number of halogens is 1. The van der Waals surface area contributed by atoms with Crippen LogP contribution in [-0.2, 0) is 0 Å². The second-order valence-electron chi connectivity index (χ2n) is 3.46. The molecule has 1 atom stereocenters. The highest BCUT2D eigenvalue weighted by Gasteiger charge is 2.14. The molecule has 17 heavy (non-hydrogen) atoms. The molecule has 0 amide bonds. The number of nitrogens with zero attached hydrogens (tertiary/aromatic N) is 5. The summed E-state index contributed by atoms with van der Waals surface area (Å²) in [7, 11) is 0. The normalized spacial score (nSPS) is 12.1. The van der Waals surface area contributed by atoms with Crippen molar-refractivity contribution in [3.05, 3.63) is 33.5 Å². The summed E-state index contributed by atoms with van der Waals surface area (Å²) in [6.45, 7) is 1.83. The summed E-state index contributed by atoms with van der Waals surface area (Å²) in [4.78, 5) is 8.39. The van der Waals surface area contributed by atoms with Gasteiger partial charge in [-0.1, -0.05) is 0 Å². The Balaban J connectivity index is 2.49. The molecule has 2 heterocycles. The van der Waals surface area contributed by atoms with Gasteiger partial charge in [0.2, 0.25) is 3.83 Å². The molecule has 2 N–H and O–H groups in total. The lowest BCUT2D eigenvalue weighted by Gasteiger charge is -2.06. The van der Waals surface area contributed by atoms with Gasteiger partial charge in [0.25, 0.3) is 0 Å². The fourth-order valence-electron chi connectivity index (χ4n) is 1.34. The monoisotopic (exact) mass is 340 g/mol. The minimum absolute atomic E-state index is 0.233. The van der Waals surface area contributed by atoms with Gasteiger partial charge in [0, 0.05) is 28.8 Å². The third kappa shape index (κ3) is 2.42. The summed E-state index contributed by atoms with van der Waals surface area (Å²) in [5.74, 6) is 1.25. The first-order valence-corrected chi connectivity index (χ1v) is 5.94. The van der Waals surface area contributed by atoms with Crippen molar-refractivity contribution in [2.45, 2.75) is 13.0 Å². The first kappa shape index (κ1) is 11.9. The fourth-order valence-corrected chi connectivity index (χ4v) is 1.80. The highest BCUT2D eigenvalue weighted by Crippen LogP contribution is 2.14. The zero-order valence-electron chi connectivity index (χ0n) is 9.00. The van der Waals surface area contributed by atoms with E-state index < -0.39 is 0 Å². The minimum Gasteiger partial charge on any atom is -0.322 e. The third-order valence-electron chi connectivity index (χ3n) is 2.11.